The van der Waals surface area contributed by atoms with Crippen molar-refractivity contribution in [3.05, 3.63) is 0 Å². The van der Waals surface area contributed by atoms with E-state index >= 15 is 0 Å². The maximum Gasteiger partial charge on any atom is 0.328 e. The number of likely N-dealkylation sites (N-methyl/N-ethyl adjacent to an activating group) is 2. The maximum atomic E-state index is 11.4. The number of aliphatic carboxylic acids is 1. The zero-order valence-corrected chi connectivity index (χ0v) is 9.77. The van der Waals surface area contributed by atoms with E-state index in [1.165, 1.54) is 7.05 Å². The first-order valence-electron chi connectivity index (χ1n) is 5.04. The second-order valence-corrected chi connectivity index (χ2v) is 3.33. The van der Waals surface area contributed by atoms with Gasteiger partial charge in [0.05, 0.1) is 6.61 Å². The fourth-order valence-corrected chi connectivity index (χ4v) is 0.985. The molecule has 98 valence electrons. The molecule has 4 N–H and O–H groups in total. The number of aliphatic hydroxyl groups excluding tert-OH is 1. The lowest BCUT2D eigenvalue weighted by molar-refractivity contribution is -0.140. The van der Waals surface area contributed by atoms with E-state index in [9.17, 15) is 14.4 Å². The van der Waals surface area contributed by atoms with Crippen LogP contribution in [0.4, 0.5) is 4.79 Å². The number of carboxylic acid groups (broad SMARTS) is 1. The van der Waals surface area contributed by atoms with Gasteiger partial charge in [-0.3, -0.25) is 4.79 Å². The molecule has 0 aromatic carbocycles. The Morgan fingerprint density at radius 2 is 1.94 bits per heavy atom. The van der Waals surface area contributed by atoms with E-state index < -0.39 is 24.6 Å². The number of hydrogen-bond donors (Lipinski definition) is 4. The molecular weight excluding hydrogens is 230 g/mol. The number of hydrogen-bond acceptors (Lipinski definition) is 4. The Morgan fingerprint density at radius 3 is 2.35 bits per heavy atom. The van der Waals surface area contributed by atoms with Crippen molar-refractivity contribution in [2.75, 3.05) is 26.7 Å². The van der Waals surface area contributed by atoms with E-state index in [0.29, 0.717) is 6.54 Å². The van der Waals surface area contributed by atoms with Crippen LogP contribution in [0.25, 0.3) is 0 Å². The molecule has 0 radical (unpaired) electrons. The van der Waals surface area contributed by atoms with Crippen LogP contribution in [0.15, 0.2) is 0 Å². The molecular formula is C9H17N3O5. The van der Waals surface area contributed by atoms with Gasteiger partial charge in [-0.25, -0.2) is 9.59 Å². The summed E-state index contributed by atoms with van der Waals surface area (Å²) in [6.45, 7) is 1.29. The van der Waals surface area contributed by atoms with E-state index in [-0.39, 0.29) is 12.5 Å². The third-order valence-electron chi connectivity index (χ3n) is 1.88. The molecule has 0 aliphatic rings. The zero-order chi connectivity index (χ0) is 13.4. The van der Waals surface area contributed by atoms with Crippen LogP contribution in [-0.2, 0) is 9.59 Å². The summed E-state index contributed by atoms with van der Waals surface area (Å²) >= 11 is 0. The Balaban J connectivity index is 4.21. The summed E-state index contributed by atoms with van der Waals surface area (Å²) in [4.78, 5) is 34.1. The molecule has 0 saturated heterocycles. The molecule has 0 aliphatic heterocycles. The maximum absolute atomic E-state index is 11.4. The zero-order valence-electron chi connectivity index (χ0n) is 9.77. The predicted molar refractivity (Wildman–Crippen MR) is 58.4 cm³/mol. The third-order valence-corrected chi connectivity index (χ3v) is 1.88. The molecule has 0 saturated carbocycles. The van der Waals surface area contributed by atoms with Crippen molar-refractivity contribution in [3.8, 4) is 0 Å². The van der Waals surface area contributed by atoms with Crippen LogP contribution in [0.1, 0.15) is 6.92 Å². The second kappa shape index (κ2) is 7.44. The van der Waals surface area contributed by atoms with Gasteiger partial charge in [-0.05, 0) is 6.92 Å². The number of carbonyl (C=O) groups is 3. The van der Waals surface area contributed by atoms with E-state index in [4.69, 9.17) is 10.2 Å². The molecule has 1 atom stereocenters. The molecule has 0 rings (SSSR count). The molecule has 0 heterocycles. The highest BCUT2D eigenvalue weighted by Gasteiger charge is 2.21. The minimum Gasteiger partial charge on any atom is -0.480 e. The first-order valence-corrected chi connectivity index (χ1v) is 5.04. The van der Waals surface area contributed by atoms with E-state index in [1.54, 1.807) is 6.92 Å². The average molecular weight is 247 g/mol. The summed E-state index contributed by atoms with van der Waals surface area (Å²) in [5.41, 5.74) is 0. The van der Waals surface area contributed by atoms with Crippen molar-refractivity contribution in [2.24, 2.45) is 0 Å². The predicted octanol–water partition coefficient (Wildman–Crippen LogP) is -1.79. The van der Waals surface area contributed by atoms with Crippen molar-refractivity contribution < 1.29 is 24.6 Å². The first kappa shape index (κ1) is 15.2. The molecule has 0 aromatic heterocycles. The summed E-state index contributed by atoms with van der Waals surface area (Å²) in [5.74, 6) is -1.69. The van der Waals surface area contributed by atoms with Crippen molar-refractivity contribution in [1.82, 2.24) is 15.5 Å². The van der Waals surface area contributed by atoms with Crippen LogP contribution in [0.2, 0.25) is 0 Å². The summed E-state index contributed by atoms with van der Waals surface area (Å²) in [5, 5.41) is 21.9. The molecule has 0 aliphatic carbocycles. The van der Waals surface area contributed by atoms with E-state index in [0.717, 1.165) is 4.90 Å². The van der Waals surface area contributed by atoms with Crippen LogP contribution in [0.5, 0.6) is 0 Å². The summed E-state index contributed by atoms with van der Waals surface area (Å²) < 4.78 is 0. The van der Waals surface area contributed by atoms with Gasteiger partial charge in [0.2, 0.25) is 5.91 Å². The van der Waals surface area contributed by atoms with Gasteiger partial charge >= 0.3 is 12.0 Å². The monoisotopic (exact) mass is 247 g/mol. The first-order chi connectivity index (χ1) is 7.92. The van der Waals surface area contributed by atoms with Crippen molar-refractivity contribution >= 4 is 17.9 Å². The molecule has 0 fully saturated rings. The smallest absolute Gasteiger partial charge is 0.328 e. The van der Waals surface area contributed by atoms with Gasteiger partial charge in [0, 0.05) is 13.6 Å². The molecule has 8 nitrogen and oxygen atoms in total. The fourth-order valence-electron chi connectivity index (χ4n) is 0.985. The highest BCUT2D eigenvalue weighted by atomic mass is 16.4. The molecule has 0 spiro atoms. The van der Waals surface area contributed by atoms with Gasteiger partial charge in [0.1, 0.15) is 6.54 Å². The van der Waals surface area contributed by atoms with Gasteiger partial charge in [0.15, 0.2) is 6.04 Å². The largest absolute Gasteiger partial charge is 0.480 e. The topological polar surface area (TPSA) is 119 Å². The Kier molecular flexibility index (Phi) is 6.64. The summed E-state index contributed by atoms with van der Waals surface area (Å²) in [6.07, 6.45) is 0. The van der Waals surface area contributed by atoms with Gasteiger partial charge in [0.25, 0.3) is 0 Å². The molecule has 0 aromatic rings. The summed E-state index contributed by atoms with van der Waals surface area (Å²) in [6, 6.07) is -2.11. The number of amides is 3. The van der Waals surface area contributed by atoms with Gasteiger partial charge in [-0.15, -0.1) is 0 Å². The van der Waals surface area contributed by atoms with E-state index in [2.05, 4.69) is 10.6 Å². The quantitative estimate of drug-likeness (QED) is 0.442. The molecule has 3 amide bonds. The van der Waals surface area contributed by atoms with Crippen LogP contribution >= 0.6 is 0 Å². The highest BCUT2D eigenvalue weighted by Crippen LogP contribution is 1.89. The Hall–Kier alpha value is -1.83. The highest BCUT2D eigenvalue weighted by molar-refractivity contribution is 5.86. The van der Waals surface area contributed by atoms with Crippen LogP contribution in [0.3, 0.4) is 0 Å². The SMILES string of the molecule is CCNC(=O)CN(C)C(=O)N[C@H](CO)C(=O)O. The van der Waals surface area contributed by atoms with Crippen molar-refractivity contribution in [1.29, 1.82) is 0 Å². The standard InChI is InChI=1S/C9H17N3O5/c1-3-10-7(14)4-12(2)9(17)11-6(5-13)8(15)16/h6,13H,3-5H2,1-2H3,(H,10,14)(H,11,17)(H,15,16)/t6-/m1/s1. The Labute approximate surface area is 98.6 Å². The minimum atomic E-state index is -1.38. The minimum absolute atomic E-state index is 0.183. The lowest BCUT2D eigenvalue weighted by atomic mass is 10.3. The fraction of sp³-hybridized carbons (Fsp3) is 0.667. The van der Waals surface area contributed by atoms with Gasteiger partial charge < -0.3 is 25.7 Å². The van der Waals surface area contributed by atoms with Gasteiger partial charge in [-0.2, -0.15) is 0 Å². The van der Waals surface area contributed by atoms with Gasteiger partial charge in [-0.1, -0.05) is 0 Å². The Morgan fingerprint density at radius 1 is 1.35 bits per heavy atom. The lowest BCUT2D eigenvalue weighted by Gasteiger charge is -2.19. The number of carboxylic acids is 1. The summed E-state index contributed by atoms with van der Waals surface area (Å²) in [7, 11) is 1.35. The van der Waals surface area contributed by atoms with Crippen molar-refractivity contribution in [2.45, 2.75) is 13.0 Å². The lowest BCUT2D eigenvalue weighted by Crippen LogP contribution is -2.50. The number of aliphatic hydroxyl groups is 1. The number of rotatable bonds is 6. The number of nitrogens with zero attached hydrogens (tertiary/aromatic N) is 1. The number of carbonyl (C=O) groups excluding carboxylic acids is 2. The molecule has 17 heavy (non-hydrogen) atoms. The normalized spacial score (nSPS) is 11.5. The molecule has 0 bridgehead atoms. The average Bonchev–Trinajstić information content (AvgIpc) is 2.25. The van der Waals surface area contributed by atoms with E-state index in [1.807, 2.05) is 0 Å². The van der Waals surface area contributed by atoms with Crippen LogP contribution in [-0.4, -0.2) is 65.8 Å². The molecule has 0 unspecified atom stereocenters. The third kappa shape index (κ3) is 5.71. The number of urea groups is 1. The van der Waals surface area contributed by atoms with Crippen LogP contribution < -0.4 is 10.6 Å². The molecule has 8 heteroatoms. The van der Waals surface area contributed by atoms with Crippen LogP contribution in [0, 0.1) is 0 Å². The second-order valence-electron chi connectivity index (χ2n) is 3.33. The van der Waals surface area contributed by atoms with Crippen molar-refractivity contribution in [3.63, 3.8) is 0 Å². The Bertz CT molecular complexity index is 294. The number of nitrogens with one attached hydrogen (secondary N) is 2.